The number of nitrogens with zero attached hydrogens (tertiary/aromatic N) is 3. The normalized spacial score (nSPS) is 20.4. The maximum atomic E-state index is 13.6. The summed E-state index contributed by atoms with van der Waals surface area (Å²) in [7, 11) is 0. The van der Waals surface area contributed by atoms with Crippen molar-refractivity contribution in [3.63, 3.8) is 0 Å². The number of hydrogen-bond donors (Lipinski definition) is 0. The minimum atomic E-state index is -0.161. The van der Waals surface area contributed by atoms with Crippen LogP contribution < -0.4 is 0 Å². The highest BCUT2D eigenvalue weighted by Gasteiger charge is 2.30. The topological polar surface area (TPSA) is 26.8 Å². The molecule has 1 saturated heterocycles. The lowest BCUT2D eigenvalue weighted by Crippen LogP contribution is -2.55. The van der Waals surface area contributed by atoms with Crippen LogP contribution in [-0.4, -0.2) is 65.9 Å². The maximum absolute atomic E-state index is 13.6. The monoisotopic (exact) mass is 421 g/mol. The van der Waals surface area contributed by atoms with Crippen molar-refractivity contribution in [2.45, 2.75) is 45.2 Å². The molecule has 0 atom stereocenters. The van der Waals surface area contributed by atoms with Gasteiger partial charge in [-0.3, -0.25) is 14.6 Å². The number of carbonyl (C=O) groups is 1. The highest BCUT2D eigenvalue weighted by molar-refractivity contribution is 5.78. The van der Waals surface area contributed by atoms with Gasteiger partial charge in [0, 0.05) is 45.3 Å². The molecule has 1 aliphatic carbocycles. The SMILES string of the molecule is Cc1cc(-c2ccc3c(c2)CCN(CC(=O)N2CCN(C4CCC4)CC2)C3)ccc1F. The van der Waals surface area contributed by atoms with Gasteiger partial charge in [-0.15, -0.1) is 0 Å². The van der Waals surface area contributed by atoms with Crippen LogP contribution in [0.3, 0.4) is 0 Å². The second-order valence-electron chi connectivity index (χ2n) is 9.41. The van der Waals surface area contributed by atoms with Crippen molar-refractivity contribution in [3.05, 3.63) is 58.9 Å². The van der Waals surface area contributed by atoms with Gasteiger partial charge < -0.3 is 4.90 Å². The van der Waals surface area contributed by atoms with E-state index < -0.39 is 0 Å². The standard InChI is InChI=1S/C26H32FN3O/c1-19-15-20(7-8-25(19)27)21-5-6-23-17-28(10-9-22(23)16-21)18-26(31)30-13-11-29(12-14-30)24-3-2-4-24/h5-8,15-16,24H,2-4,9-14,17-18H2,1H3. The van der Waals surface area contributed by atoms with Gasteiger partial charge in [0.15, 0.2) is 0 Å². The molecule has 2 heterocycles. The van der Waals surface area contributed by atoms with Crippen LogP contribution in [0.25, 0.3) is 11.1 Å². The third-order valence-electron chi connectivity index (χ3n) is 7.41. The Hall–Kier alpha value is -2.24. The molecule has 1 amide bonds. The van der Waals surface area contributed by atoms with Crippen molar-refractivity contribution in [1.29, 1.82) is 0 Å². The Bertz CT molecular complexity index is 963. The first kappa shape index (κ1) is 20.7. The molecule has 2 aromatic carbocycles. The van der Waals surface area contributed by atoms with Gasteiger partial charge in [-0.1, -0.05) is 30.7 Å². The number of carbonyl (C=O) groups excluding carboxylic acids is 1. The molecule has 0 radical (unpaired) electrons. The van der Waals surface area contributed by atoms with E-state index >= 15 is 0 Å². The Morgan fingerprint density at radius 2 is 1.71 bits per heavy atom. The maximum Gasteiger partial charge on any atom is 0.236 e. The summed E-state index contributed by atoms with van der Waals surface area (Å²) >= 11 is 0. The van der Waals surface area contributed by atoms with Crippen LogP contribution in [0.4, 0.5) is 4.39 Å². The molecule has 2 aliphatic heterocycles. The Morgan fingerprint density at radius 1 is 0.968 bits per heavy atom. The van der Waals surface area contributed by atoms with E-state index in [0.29, 0.717) is 12.1 Å². The molecule has 0 N–H and O–H groups in total. The second-order valence-corrected chi connectivity index (χ2v) is 9.41. The molecular formula is C26H32FN3O. The highest BCUT2D eigenvalue weighted by atomic mass is 19.1. The Kier molecular flexibility index (Phi) is 5.81. The van der Waals surface area contributed by atoms with Crippen LogP contribution in [0.5, 0.6) is 0 Å². The van der Waals surface area contributed by atoms with Crippen molar-refractivity contribution in [2.75, 3.05) is 39.3 Å². The van der Waals surface area contributed by atoms with Gasteiger partial charge in [-0.2, -0.15) is 0 Å². The zero-order chi connectivity index (χ0) is 21.4. The fraction of sp³-hybridized carbons (Fsp3) is 0.500. The molecule has 0 bridgehead atoms. The zero-order valence-electron chi connectivity index (χ0n) is 18.4. The summed E-state index contributed by atoms with van der Waals surface area (Å²) in [5.74, 6) is 0.113. The lowest BCUT2D eigenvalue weighted by atomic mass is 9.91. The van der Waals surface area contributed by atoms with Crippen molar-refractivity contribution < 1.29 is 9.18 Å². The van der Waals surface area contributed by atoms with E-state index in [0.717, 1.165) is 62.9 Å². The first-order chi connectivity index (χ1) is 15.1. The smallest absolute Gasteiger partial charge is 0.236 e. The minimum absolute atomic E-state index is 0.161. The highest BCUT2D eigenvalue weighted by Crippen LogP contribution is 2.28. The number of halogens is 1. The first-order valence-corrected chi connectivity index (χ1v) is 11.7. The number of piperazine rings is 1. The largest absolute Gasteiger partial charge is 0.339 e. The first-order valence-electron chi connectivity index (χ1n) is 11.7. The Labute approximate surface area is 184 Å². The number of aryl methyl sites for hydroxylation is 1. The van der Waals surface area contributed by atoms with E-state index in [-0.39, 0.29) is 11.7 Å². The number of rotatable bonds is 4. The van der Waals surface area contributed by atoms with E-state index in [9.17, 15) is 9.18 Å². The summed E-state index contributed by atoms with van der Waals surface area (Å²) in [6, 6.07) is 12.6. The molecule has 31 heavy (non-hydrogen) atoms. The van der Waals surface area contributed by atoms with Crippen molar-refractivity contribution in [1.82, 2.24) is 14.7 Å². The molecule has 4 nitrogen and oxygen atoms in total. The summed E-state index contributed by atoms with van der Waals surface area (Å²) in [6.07, 6.45) is 4.99. The molecule has 5 rings (SSSR count). The van der Waals surface area contributed by atoms with Gasteiger partial charge in [-0.05, 0) is 66.1 Å². The molecule has 0 spiro atoms. The molecule has 2 fully saturated rings. The minimum Gasteiger partial charge on any atom is -0.339 e. The third-order valence-corrected chi connectivity index (χ3v) is 7.41. The van der Waals surface area contributed by atoms with Crippen LogP contribution in [0.15, 0.2) is 36.4 Å². The summed E-state index contributed by atoms with van der Waals surface area (Å²) in [5, 5.41) is 0. The Balaban J connectivity index is 1.18. The van der Waals surface area contributed by atoms with Crippen molar-refractivity contribution in [2.24, 2.45) is 0 Å². The van der Waals surface area contributed by atoms with Crippen LogP contribution >= 0.6 is 0 Å². The zero-order valence-corrected chi connectivity index (χ0v) is 18.4. The van der Waals surface area contributed by atoms with E-state index in [1.165, 1.54) is 30.4 Å². The van der Waals surface area contributed by atoms with Gasteiger partial charge in [0.1, 0.15) is 5.82 Å². The van der Waals surface area contributed by atoms with Crippen molar-refractivity contribution in [3.8, 4) is 11.1 Å². The summed E-state index contributed by atoms with van der Waals surface area (Å²) in [5.41, 5.74) is 5.51. The predicted molar refractivity (Wildman–Crippen MR) is 121 cm³/mol. The summed E-state index contributed by atoms with van der Waals surface area (Å²) in [4.78, 5) is 19.8. The number of amides is 1. The molecule has 2 aromatic rings. The van der Waals surface area contributed by atoms with Crippen LogP contribution in [0, 0.1) is 12.7 Å². The van der Waals surface area contributed by atoms with Gasteiger partial charge in [0.05, 0.1) is 6.54 Å². The van der Waals surface area contributed by atoms with Crippen LogP contribution in [0.2, 0.25) is 0 Å². The van der Waals surface area contributed by atoms with E-state index in [4.69, 9.17) is 0 Å². The number of benzene rings is 2. The molecule has 0 aromatic heterocycles. The third kappa shape index (κ3) is 4.39. The van der Waals surface area contributed by atoms with Gasteiger partial charge >= 0.3 is 0 Å². The van der Waals surface area contributed by atoms with Gasteiger partial charge in [0.25, 0.3) is 0 Å². The van der Waals surface area contributed by atoms with E-state index in [1.807, 2.05) is 12.1 Å². The fourth-order valence-electron chi connectivity index (χ4n) is 5.13. The number of hydrogen-bond acceptors (Lipinski definition) is 3. The van der Waals surface area contributed by atoms with Gasteiger partial charge in [-0.25, -0.2) is 4.39 Å². The van der Waals surface area contributed by atoms with Crippen molar-refractivity contribution >= 4 is 5.91 Å². The summed E-state index contributed by atoms with van der Waals surface area (Å²) < 4.78 is 13.6. The lowest BCUT2D eigenvalue weighted by Gasteiger charge is -2.43. The molecule has 5 heteroatoms. The lowest BCUT2D eigenvalue weighted by molar-refractivity contribution is -0.135. The number of fused-ring (bicyclic) bond motifs is 1. The van der Waals surface area contributed by atoms with E-state index in [2.05, 4.69) is 32.9 Å². The summed E-state index contributed by atoms with van der Waals surface area (Å²) in [6.45, 7) is 7.87. The molecule has 164 valence electrons. The second kappa shape index (κ2) is 8.71. The average Bonchev–Trinajstić information content (AvgIpc) is 2.74. The predicted octanol–water partition coefficient (Wildman–Crippen LogP) is 3.86. The quantitative estimate of drug-likeness (QED) is 0.750. The molecule has 0 unspecified atom stereocenters. The fourth-order valence-corrected chi connectivity index (χ4v) is 5.13. The molecule has 1 saturated carbocycles. The average molecular weight is 422 g/mol. The van der Waals surface area contributed by atoms with Crippen LogP contribution in [-0.2, 0) is 17.8 Å². The van der Waals surface area contributed by atoms with Crippen LogP contribution in [0.1, 0.15) is 36.0 Å². The Morgan fingerprint density at radius 3 is 2.42 bits per heavy atom. The van der Waals surface area contributed by atoms with E-state index in [1.54, 1.807) is 13.0 Å². The van der Waals surface area contributed by atoms with Gasteiger partial charge in [0.2, 0.25) is 5.91 Å². The molecule has 3 aliphatic rings. The molecular weight excluding hydrogens is 389 g/mol.